The molecule has 0 atom stereocenters. The minimum Gasteiger partial charge on any atom is -0.409 e. The van der Waals surface area contributed by atoms with Crippen LogP contribution < -0.4 is 5.90 Å². The zero-order valence-electron chi connectivity index (χ0n) is 10.7. The van der Waals surface area contributed by atoms with E-state index >= 15 is 0 Å². The smallest absolute Gasteiger partial charge is 0.192 e. The molecule has 3 nitrogen and oxygen atoms in total. The lowest BCUT2D eigenvalue weighted by molar-refractivity contribution is -0.0861. The third kappa shape index (κ3) is 2.81. The Morgan fingerprint density at radius 2 is 1.80 bits per heavy atom. The normalized spacial score (nSPS) is 21.2. The first-order valence-corrected chi connectivity index (χ1v) is 8.65. The molecule has 1 aliphatic rings. The van der Waals surface area contributed by atoms with Crippen molar-refractivity contribution in [3.05, 3.63) is 0 Å². The van der Waals surface area contributed by atoms with E-state index in [2.05, 4.69) is 33.9 Å². The molecule has 0 aliphatic heterocycles. The van der Waals surface area contributed by atoms with Gasteiger partial charge in [-0.25, -0.2) is 5.90 Å². The van der Waals surface area contributed by atoms with Crippen molar-refractivity contribution >= 4 is 8.32 Å². The van der Waals surface area contributed by atoms with Crippen molar-refractivity contribution < 1.29 is 9.26 Å². The van der Waals surface area contributed by atoms with Gasteiger partial charge in [0, 0.05) is 0 Å². The van der Waals surface area contributed by atoms with Crippen molar-refractivity contribution in [3.63, 3.8) is 0 Å². The minimum absolute atomic E-state index is 0.0717. The van der Waals surface area contributed by atoms with Crippen LogP contribution in [0.4, 0.5) is 0 Å². The third-order valence-electron chi connectivity index (χ3n) is 3.89. The van der Waals surface area contributed by atoms with Crippen molar-refractivity contribution in [2.75, 3.05) is 6.61 Å². The van der Waals surface area contributed by atoms with Crippen LogP contribution in [0.2, 0.25) is 18.1 Å². The van der Waals surface area contributed by atoms with Crippen LogP contribution in [0.1, 0.15) is 40.0 Å². The molecule has 0 aromatic heterocycles. The Hall–Kier alpha value is 0.0969. The van der Waals surface area contributed by atoms with Gasteiger partial charge in [-0.1, -0.05) is 20.8 Å². The van der Waals surface area contributed by atoms with Crippen molar-refractivity contribution in [3.8, 4) is 0 Å². The van der Waals surface area contributed by atoms with E-state index in [1.54, 1.807) is 0 Å². The van der Waals surface area contributed by atoms with Gasteiger partial charge in [-0.05, 0) is 37.4 Å². The summed E-state index contributed by atoms with van der Waals surface area (Å²) in [4.78, 5) is 4.80. The first-order chi connectivity index (χ1) is 6.72. The standard InChI is InChI=1S/C11H25NO2Si/c1-10(2,3)15(4,5)14-11(9-13-12)7-6-8-11/h6-9,12H2,1-5H3. The van der Waals surface area contributed by atoms with E-state index in [0.717, 1.165) is 12.8 Å². The van der Waals surface area contributed by atoms with E-state index < -0.39 is 8.32 Å². The van der Waals surface area contributed by atoms with E-state index in [0.29, 0.717) is 6.61 Å². The van der Waals surface area contributed by atoms with Crippen molar-refractivity contribution in [1.82, 2.24) is 0 Å². The van der Waals surface area contributed by atoms with Crippen LogP contribution in [0.5, 0.6) is 0 Å². The maximum Gasteiger partial charge on any atom is 0.192 e. The van der Waals surface area contributed by atoms with Gasteiger partial charge in [0.15, 0.2) is 8.32 Å². The molecule has 0 amide bonds. The zero-order valence-corrected chi connectivity index (χ0v) is 11.7. The summed E-state index contributed by atoms with van der Waals surface area (Å²) in [5.74, 6) is 5.19. The molecule has 0 heterocycles. The summed E-state index contributed by atoms with van der Waals surface area (Å²) in [5.41, 5.74) is -0.0717. The fraction of sp³-hybridized carbons (Fsp3) is 1.00. The lowest BCUT2D eigenvalue weighted by Crippen LogP contribution is -2.55. The molecule has 1 aliphatic carbocycles. The Bertz CT molecular complexity index is 219. The van der Waals surface area contributed by atoms with Crippen molar-refractivity contribution in [2.24, 2.45) is 5.90 Å². The highest BCUT2D eigenvalue weighted by Gasteiger charge is 2.47. The number of hydrogen-bond acceptors (Lipinski definition) is 3. The van der Waals surface area contributed by atoms with Gasteiger partial charge in [0.1, 0.15) is 0 Å². The molecule has 1 fully saturated rings. The summed E-state index contributed by atoms with van der Waals surface area (Å²) in [6.45, 7) is 11.9. The second kappa shape index (κ2) is 4.16. The van der Waals surface area contributed by atoms with E-state index in [4.69, 9.17) is 15.2 Å². The highest BCUT2D eigenvalue weighted by Crippen LogP contribution is 2.45. The highest BCUT2D eigenvalue weighted by atomic mass is 28.4. The Morgan fingerprint density at radius 1 is 1.27 bits per heavy atom. The Kier molecular flexibility index (Phi) is 3.65. The molecule has 1 rings (SSSR count). The molecule has 1 saturated carbocycles. The van der Waals surface area contributed by atoms with E-state index in [9.17, 15) is 0 Å². The van der Waals surface area contributed by atoms with Crippen LogP contribution in [-0.4, -0.2) is 20.5 Å². The Morgan fingerprint density at radius 3 is 2.07 bits per heavy atom. The van der Waals surface area contributed by atoms with Crippen LogP contribution in [0, 0.1) is 0 Å². The molecule has 4 heteroatoms. The summed E-state index contributed by atoms with van der Waals surface area (Å²) in [7, 11) is -1.68. The first kappa shape index (κ1) is 13.2. The van der Waals surface area contributed by atoms with Gasteiger partial charge in [-0.3, -0.25) is 0 Å². The van der Waals surface area contributed by atoms with Gasteiger partial charge >= 0.3 is 0 Å². The number of hydrogen-bond donors (Lipinski definition) is 1. The van der Waals surface area contributed by atoms with Gasteiger partial charge in [0.2, 0.25) is 0 Å². The molecule has 2 N–H and O–H groups in total. The zero-order chi connectivity index (χ0) is 11.7. The molecule has 0 unspecified atom stereocenters. The van der Waals surface area contributed by atoms with Crippen LogP contribution in [0.3, 0.4) is 0 Å². The average molecular weight is 231 g/mol. The van der Waals surface area contributed by atoms with Crippen LogP contribution in [-0.2, 0) is 9.26 Å². The Balaban J connectivity index is 2.66. The molecule has 0 radical (unpaired) electrons. The first-order valence-electron chi connectivity index (χ1n) is 5.74. The fourth-order valence-electron chi connectivity index (χ4n) is 1.69. The van der Waals surface area contributed by atoms with Crippen molar-refractivity contribution in [1.29, 1.82) is 0 Å². The van der Waals surface area contributed by atoms with Crippen molar-refractivity contribution in [2.45, 2.75) is 63.8 Å². The van der Waals surface area contributed by atoms with Gasteiger partial charge in [-0.15, -0.1) is 0 Å². The second-order valence-electron chi connectivity index (χ2n) is 6.21. The molecule has 0 bridgehead atoms. The predicted octanol–water partition coefficient (Wildman–Crippen LogP) is 2.82. The molecule has 15 heavy (non-hydrogen) atoms. The highest BCUT2D eigenvalue weighted by molar-refractivity contribution is 6.74. The van der Waals surface area contributed by atoms with Gasteiger partial charge in [-0.2, -0.15) is 0 Å². The maximum absolute atomic E-state index is 6.40. The molecule has 0 aromatic rings. The lowest BCUT2D eigenvalue weighted by atomic mass is 9.81. The van der Waals surface area contributed by atoms with E-state index in [-0.39, 0.29) is 10.6 Å². The van der Waals surface area contributed by atoms with Crippen LogP contribution >= 0.6 is 0 Å². The fourth-order valence-corrected chi connectivity index (χ4v) is 3.34. The molecule has 0 spiro atoms. The van der Waals surface area contributed by atoms with Gasteiger partial charge in [0.05, 0.1) is 12.2 Å². The topological polar surface area (TPSA) is 44.5 Å². The molecule has 0 saturated heterocycles. The predicted molar refractivity (Wildman–Crippen MR) is 65.0 cm³/mol. The Labute approximate surface area is 94.4 Å². The summed E-state index contributed by atoms with van der Waals surface area (Å²) >= 11 is 0. The summed E-state index contributed by atoms with van der Waals surface area (Å²) in [6, 6.07) is 0. The monoisotopic (exact) mass is 231 g/mol. The number of nitrogens with two attached hydrogens (primary N) is 1. The van der Waals surface area contributed by atoms with E-state index in [1.165, 1.54) is 6.42 Å². The molecular weight excluding hydrogens is 206 g/mol. The largest absolute Gasteiger partial charge is 0.409 e. The van der Waals surface area contributed by atoms with E-state index in [1.807, 2.05) is 0 Å². The molecule has 0 aromatic carbocycles. The van der Waals surface area contributed by atoms with Gasteiger partial charge in [0.25, 0.3) is 0 Å². The summed E-state index contributed by atoms with van der Waals surface area (Å²) in [6.07, 6.45) is 3.42. The SMILES string of the molecule is CC(C)(C)[Si](C)(C)OC1(CON)CCC1. The number of rotatable bonds is 4. The van der Waals surface area contributed by atoms with Gasteiger partial charge < -0.3 is 9.26 Å². The summed E-state index contributed by atoms with van der Waals surface area (Å²) < 4.78 is 6.40. The molecule has 90 valence electrons. The maximum atomic E-state index is 6.40. The third-order valence-corrected chi connectivity index (χ3v) is 8.44. The average Bonchev–Trinajstić information content (AvgIpc) is 1.98. The van der Waals surface area contributed by atoms with Crippen LogP contribution in [0.15, 0.2) is 0 Å². The van der Waals surface area contributed by atoms with Crippen LogP contribution in [0.25, 0.3) is 0 Å². The lowest BCUT2D eigenvalue weighted by Gasteiger charge is -2.49. The summed E-state index contributed by atoms with van der Waals surface area (Å²) in [5, 5.41) is 0.254. The molecular formula is C11H25NO2Si. The minimum atomic E-state index is -1.68. The second-order valence-corrected chi connectivity index (χ2v) is 10.9. The quantitative estimate of drug-likeness (QED) is 0.598.